The first-order valence-corrected chi connectivity index (χ1v) is 9.48. The van der Waals surface area contributed by atoms with Crippen molar-refractivity contribution >= 4 is 44.6 Å². The lowest BCUT2D eigenvalue weighted by Crippen LogP contribution is -1.98. The Morgan fingerprint density at radius 1 is 0.667 bits per heavy atom. The zero-order valence-corrected chi connectivity index (χ0v) is 15.8. The molecule has 0 unspecified atom stereocenters. The lowest BCUT2D eigenvalue weighted by atomic mass is 10.1. The second kappa shape index (κ2) is 7.16. The highest BCUT2D eigenvalue weighted by Gasteiger charge is 2.06. The molecule has 1 heterocycles. The molecular formula is C26H15F2NO. The third-order valence-corrected chi connectivity index (χ3v) is 5.17. The molecule has 0 aliphatic rings. The summed E-state index contributed by atoms with van der Waals surface area (Å²) in [6.07, 6.45) is 3.63. The van der Waals surface area contributed by atoms with E-state index in [1.54, 1.807) is 18.2 Å². The zero-order chi connectivity index (χ0) is 20.7. The van der Waals surface area contributed by atoms with Gasteiger partial charge in [-0.1, -0.05) is 60.7 Å². The summed E-state index contributed by atoms with van der Waals surface area (Å²) in [5.74, 6) is -1.81. The van der Waals surface area contributed by atoms with E-state index in [1.165, 1.54) is 0 Å². The molecule has 4 heteroatoms. The van der Waals surface area contributed by atoms with Gasteiger partial charge in [-0.2, -0.15) is 0 Å². The predicted molar refractivity (Wildman–Crippen MR) is 118 cm³/mol. The first-order chi connectivity index (χ1) is 14.6. The van der Waals surface area contributed by atoms with E-state index in [9.17, 15) is 13.6 Å². The van der Waals surface area contributed by atoms with Crippen molar-refractivity contribution < 1.29 is 8.78 Å². The standard InChI is InChI=1S/C26H15F2NO/c27-23-14-19-10-12-20(29-25(19)15-24(23)28)11-6-16-5-7-18-9-8-17-3-1-2-4-21(17)26(30)22(18)13-16/h1-15H. The molecule has 0 N–H and O–H groups in total. The third kappa shape index (κ3) is 3.22. The quantitative estimate of drug-likeness (QED) is 0.349. The van der Waals surface area contributed by atoms with Crippen molar-refractivity contribution in [2.75, 3.05) is 0 Å². The highest BCUT2D eigenvalue weighted by atomic mass is 19.2. The molecule has 0 saturated carbocycles. The van der Waals surface area contributed by atoms with E-state index >= 15 is 0 Å². The molecule has 30 heavy (non-hydrogen) atoms. The largest absolute Gasteiger partial charge is 0.289 e. The number of nitrogens with zero attached hydrogens (tertiary/aromatic N) is 1. The Labute approximate surface area is 170 Å². The molecular weight excluding hydrogens is 380 g/mol. The Bertz CT molecular complexity index is 1540. The molecule has 0 amide bonds. The van der Waals surface area contributed by atoms with Crippen LogP contribution in [0.2, 0.25) is 0 Å². The first-order valence-electron chi connectivity index (χ1n) is 9.48. The van der Waals surface area contributed by atoms with E-state index < -0.39 is 11.6 Å². The SMILES string of the molecule is O=c1c2ccccc2ccc2ccc(C=Cc3ccc4cc(F)c(F)cc4n3)cc12. The molecule has 0 aliphatic heterocycles. The molecule has 5 rings (SSSR count). The van der Waals surface area contributed by atoms with Crippen LogP contribution >= 0.6 is 0 Å². The number of hydrogen-bond donors (Lipinski definition) is 0. The van der Waals surface area contributed by atoms with Crippen LogP contribution < -0.4 is 5.43 Å². The molecule has 0 saturated heterocycles. The minimum atomic E-state index is -0.922. The number of benzene rings is 3. The third-order valence-electron chi connectivity index (χ3n) is 5.17. The number of hydrogen-bond acceptors (Lipinski definition) is 2. The van der Waals surface area contributed by atoms with Crippen LogP contribution in [0.4, 0.5) is 8.78 Å². The Morgan fingerprint density at radius 3 is 2.23 bits per heavy atom. The summed E-state index contributed by atoms with van der Waals surface area (Å²) in [5.41, 5.74) is 1.83. The Hall–Kier alpha value is -3.92. The van der Waals surface area contributed by atoms with Crippen LogP contribution in [-0.4, -0.2) is 4.98 Å². The number of halogens is 2. The van der Waals surface area contributed by atoms with Gasteiger partial charge in [0.05, 0.1) is 11.2 Å². The van der Waals surface area contributed by atoms with Crippen molar-refractivity contribution in [3.8, 4) is 0 Å². The Morgan fingerprint density at radius 2 is 1.37 bits per heavy atom. The number of pyridine rings is 1. The van der Waals surface area contributed by atoms with Crippen LogP contribution in [0.5, 0.6) is 0 Å². The topological polar surface area (TPSA) is 30.0 Å². The first kappa shape index (κ1) is 18.1. The monoisotopic (exact) mass is 395 g/mol. The average molecular weight is 395 g/mol. The van der Waals surface area contributed by atoms with Crippen LogP contribution in [0.3, 0.4) is 0 Å². The second-order valence-electron chi connectivity index (χ2n) is 7.12. The maximum absolute atomic E-state index is 13.5. The van der Waals surface area contributed by atoms with Gasteiger partial charge in [0.25, 0.3) is 0 Å². The Balaban J connectivity index is 1.58. The summed E-state index contributed by atoms with van der Waals surface area (Å²) >= 11 is 0. The summed E-state index contributed by atoms with van der Waals surface area (Å²) < 4.78 is 26.9. The van der Waals surface area contributed by atoms with Crippen molar-refractivity contribution in [3.05, 3.63) is 112 Å². The van der Waals surface area contributed by atoms with Gasteiger partial charge in [0.15, 0.2) is 17.1 Å². The second-order valence-corrected chi connectivity index (χ2v) is 7.12. The van der Waals surface area contributed by atoms with E-state index in [4.69, 9.17) is 0 Å². The molecule has 0 fully saturated rings. The maximum Gasteiger partial charge on any atom is 0.194 e. The van der Waals surface area contributed by atoms with E-state index in [1.807, 2.05) is 60.7 Å². The number of fused-ring (bicyclic) bond motifs is 3. The summed E-state index contributed by atoms with van der Waals surface area (Å²) in [7, 11) is 0. The van der Waals surface area contributed by atoms with Crippen LogP contribution in [0.1, 0.15) is 11.3 Å². The molecule has 0 radical (unpaired) electrons. The van der Waals surface area contributed by atoms with E-state index in [2.05, 4.69) is 4.98 Å². The normalized spacial score (nSPS) is 11.7. The van der Waals surface area contributed by atoms with Crippen molar-refractivity contribution in [2.24, 2.45) is 0 Å². The molecule has 0 aliphatic carbocycles. The van der Waals surface area contributed by atoms with Gasteiger partial charge < -0.3 is 0 Å². The predicted octanol–water partition coefficient (Wildman–Crippen LogP) is 6.35. The van der Waals surface area contributed by atoms with E-state index in [0.29, 0.717) is 27.4 Å². The van der Waals surface area contributed by atoms with Gasteiger partial charge in [0.1, 0.15) is 0 Å². The number of rotatable bonds is 2. The average Bonchev–Trinajstić information content (AvgIpc) is 2.90. The minimum Gasteiger partial charge on any atom is -0.289 e. The van der Waals surface area contributed by atoms with Gasteiger partial charge in [0, 0.05) is 22.2 Å². The molecule has 144 valence electrons. The maximum atomic E-state index is 13.5. The summed E-state index contributed by atoms with van der Waals surface area (Å²) in [4.78, 5) is 17.4. The number of aromatic nitrogens is 1. The molecule has 0 atom stereocenters. The molecule has 4 aromatic carbocycles. The van der Waals surface area contributed by atoms with Crippen molar-refractivity contribution in [3.63, 3.8) is 0 Å². The van der Waals surface area contributed by atoms with Gasteiger partial charge >= 0.3 is 0 Å². The molecule has 2 nitrogen and oxygen atoms in total. The highest BCUT2D eigenvalue weighted by molar-refractivity contribution is 5.94. The zero-order valence-electron chi connectivity index (χ0n) is 15.8. The fourth-order valence-electron chi connectivity index (χ4n) is 3.60. The van der Waals surface area contributed by atoms with Crippen LogP contribution in [0.25, 0.3) is 44.6 Å². The lowest BCUT2D eigenvalue weighted by molar-refractivity contribution is 0.510. The van der Waals surface area contributed by atoms with Crippen molar-refractivity contribution in [1.29, 1.82) is 0 Å². The van der Waals surface area contributed by atoms with Crippen LogP contribution in [0, 0.1) is 11.6 Å². The smallest absolute Gasteiger partial charge is 0.194 e. The van der Waals surface area contributed by atoms with Crippen LogP contribution in [-0.2, 0) is 0 Å². The van der Waals surface area contributed by atoms with Gasteiger partial charge in [-0.05, 0) is 40.6 Å². The van der Waals surface area contributed by atoms with Gasteiger partial charge in [-0.15, -0.1) is 0 Å². The fourth-order valence-corrected chi connectivity index (χ4v) is 3.60. The van der Waals surface area contributed by atoms with E-state index in [0.717, 1.165) is 28.5 Å². The molecule has 0 spiro atoms. The highest BCUT2D eigenvalue weighted by Crippen LogP contribution is 2.20. The lowest BCUT2D eigenvalue weighted by Gasteiger charge is -2.01. The molecule has 0 bridgehead atoms. The molecule has 1 aromatic heterocycles. The summed E-state index contributed by atoms with van der Waals surface area (Å²) in [6, 6.07) is 22.8. The van der Waals surface area contributed by atoms with Gasteiger partial charge in [-0.3, -0.25) is 4.79 Å². The van der Waals surface area contributed by atoms with Gasteiger partial charge in [0.2, 0.25) is 0 Å². The van der Waals surface area contributed by atoms with Gasteiger partial charge in [-0.25, -0.2) is 13.8 Å². The van der Waals surface area contributed by atoms with Crippen molar-refractivity contribution in [1.82, 2.24) is 4.98 Å². The van der Waals surface area contributed by atoms with Crippen LogP contribution in [0.15, 0.2) is 83.7 Å². The van der Waals surface area contributed by atoms with Crippen molar-refractivity contribution in [2.45, 2.75) is 0 Å². The fraction of sp³-hybridized carbons (Fsp3) is 0. The summed E-state index contributed by atoms with van der Waals surface area (Å²) in [5, 5.41) is 3.63. The van der Waals surface area contributed by atoms with E-state index in [-0.39, 0.29) is 5.43 Å². The minimum absolute atomic E-state index is 0.0119. The molecule has 5 aromatic rings. The Kier molecular flexibility index (Phi) is 4.32. The summed E-state index contributed by atoms with van der Waals surface area (Å²) in [6.45, 7) is 0.